The van der Waals surface area contributed by atoms with Gasteiger partial charge in [0.1, 0.15) is 54.6 Å². The fraction of sp³-hybridized carbons (Fsp3) is 0.485. The number of H-pyrrole nitrogens is 2. The molecule has 6 aromatic heterocycles. The second-order valence-electron chi connectivity index (χ2n) is 16.1. The summed E-state index contributed by atoms with van der Waals surface area (Å²) < 4.78 is 103. The van der Waals surface area contributed by atoms with Gasteiger partial charge in [0, 0.05) is 12.9 Å². The zero-order chi connectivity index (χ0) is 54.5. The Balaban J connectivity index is 0.929. The van der Waals surface area contributed by atoms with Crippen LogP contribution in [0, 0.1) is 0 Å². The summed E-state index contributed by atoms with van der Waals surface area (Å²) in [5, 5.41) is 43.0. The van der Waals surface area contributed by atoms with Gasteiger partial charge >= 0.3 is 28.9 Å². The number of imidazole rings is 3. The van der Waals surface area contributed by atoms with E-state index in [9.17, 15) is 67.8 Å². The van der Waals surface area contributed by atoms with Crippen molar-refractivity contribution in [3.63, 3.8) is 0 Å². The Morgan fingerprint density at radius 1 is 0.827 bits per heavy atom. The number of hydrogen-bond acceptors (Lipinski definition) is 29. The smallest absolute Gasteiger partial charge is 0.488 e. The summed E-state index contributed by atoms with van der Waals surface area (Å²) in [5.74, 6) is -0.470. The molecule has 42 heteroatoms. The van der Waals surface area contributed by atoms with Gasteiger partial charge in [-0.05, 0) is 6.08 Å². The number of nitrogens with one attached hydrogen (secondary N) is 2. The van der Waals surface area contributed by atoms with Crippen LogP contribution in [0.1, 0.15) is 18.7 Å². The van der Waals surface area contributed by atoms with Gasteiger partial charge in [-0.1, -0.05) is 4.98 Å². The summed E-state index contributed by atoms with van der Waals surface area (Å²) in [4.78, 5) is 97.7. The number of ether oxygens (including phenoxy) is 4. The van der Waals surface area contributed by atoms with Crippen molar-refractivity contribution in [2.45, 2.75) is 61.4 Å². The topological polar surface area (TPSA) is 556 Å². The molecular formula is C33H45N15O23P4. The molecular weight excluding hydrogens is 1100 g/mol. The van der Waals surface area contributed by atoms with Gasteiger partial charge in [-0.15, -0.1) is 0 Å². The Labute approximate surface area is 416 Å². The zero-order valence-corrected chi connectivity index (χ0v) is 41.8. The van der Waals surface area contributed by atoms with Crippen molar-refractivity contribution in [3.8, 4) is 0 Å². The second-order valence-corrected chi connectivity index (χ2v) is 22.4. The van der Waals surface area contributed by atoms with Crippen molar-refractivity contribution in [2.75, 3.05) is 50.7 Å². The van der Waals surface area contributed by atoms with Gasteiger partial charge in [0.15, 0.2) is 41.4 Å². The van der Waals surface area contributed by atoms with Crippen LogP contribution in [-0.4, -0.2) is 165 Å². The van der Waals surface area contributed by atoms with Crippen LogP contribution in [0.3, 0.4) is 0 Å². The molecule has 14 atom stereocenters. The standard InChI is InChI=1S/C33H45N15O23P4/c1-45-12-48(27-19(45)29(54)44-33(36)42-27)31-22(51)20(49)14(68-31)3-4-72(55,56)70-75(61,62)71-74(59,60)65-6-13(67-16(8-63-2)46-10-39-17-24(34)37-9-38-25(17)46)5-64-73(57,58)66-7-15-21(50)23(52)30(69-15)47-11-40-18-26(47)41-32(35)43-28(18)53/h3-4,9-16,20-23,30-31,49-52H,5-8H2,1-2H3,(H11-,34,35,36,37,38,41,42,43,44,53,54,55,56,57,58,59,60,61,62)/b4-3-/t13-,14+,15+,16+,20?,21-,22-,23?,30+,31+/m0/s1. The fourth-order valence-electron chi connectivity index (χ4n) is 7.60. The minimum Gasteiger partial charge on any atom is -0.756 e. The highest BCUT2D eigenvalue weighted by molar-refractivity contribution is 7.69. The molecule has 0 aromatic carbocycles. The first-order valence-electron chi connectivity index (χ1n) is 21.1. The van der Waals surface area contributed by atoms with E-state index in [0.29, 0.717) is 6.08 Å². The molecule has 2 aliphatic rings. The molecule has 8 heterocycles. The van der Waals surface area contributed by atoms with E-state index in [2.05, 4.69) is 48.5 Å². The van der Waals surface area contributed by atoms with E-state index < -0.39 is 130 Å². The number of aromatic nitrogens is 12. The summed E-state index contributed by atoms with van der Waals surface area (Å²) in [7, 11) is -20.5. The Morgan fingerprint density at radius 2 is 1.52 bits per heavy atom. The number of anilines is 3. The number of rotatable bonds is 22. The van der Waals surface area contributed by atoms with Crippen molar-refractivity contribution < 1.29 is 104 Å². The van der Waals surface area contributed by atoms with Gasteiger partial charge in [-0.25, -0.2) is 37.9 Å². The van der Waals surface area contributed by atoms with Crippen molar-refractivity contribution in [1.29, 1.82) is 0 Å². The number of phosphoric ester groups is 2. The number of aryl methyl sites for hydroxylation is 1. The number of aliphatic hydroxyl groups is 4. The number of hydrogen-bond donors (Lipinski definition) is 12. The monoisotopic (exact) mass is 1140 g/mol. The van der Waals surface area contributed by atoms with Gasteiger partial charge < -0.3 is 85.2 Å². The van der Waals surface area contributed by atoms with Crippen LogP contribution in [0.4, 0.5) is 17.7 Å². The van der Waals surface area contributed by atoms with Crippen molar-refractivity contribution >= 4 is 82.3 Å². The molecule has 15 N–H and O–H groups in total. The maximum Gasteiger partial charge on any atom is 0.488 e. The van der Waals surface area contributed by atoms with E-state index in [1.807, 2.05) is 0 Å². The number of fused-ring (bicyclic) bond motifs is 3. The van der Waals surface area contributed by atoms with E-state index in [4.69, 9.17) is 49.7 Å². The molecule has 0 saturated carbocycles. The van der Waals surface area contributed by atoms with Crippen molar-refractivity contribution in [1.82, 2.24) is 53.6 Å². The molecule has 0 bridgehead atoms. The maximum absolute atomic E-state index is 13.2. The van der Waals surface area contributed by atoms with Crippen LogP contribution < -0.4 is 37.8 Å². The molecule has 75 heavy (non-hydrogen) atoms. The largest absolute Gasteiger partial charge is 0.756 e. The normalized spacial score (nSPS) is 26.4. The number of methoxy groups -OCH3 is 1. The van der Waals surface area contributed by atoms with Crippen LogP contribution in [0.2, 0.25) is 0 Å². The molecule has 2 fully saturated rings. The summed E-state index contributed by atoms with van der Waals surface area (Å²) in [5.41, 5.74) is 15.4. The van der Waals surface area contributed by atoms with Gasteiger partial charge in [0.25, 0.3) is 24.9 Å². The summed E-state index contributed by atoms with van der Waals surface area (Å²) >= 11 is 0. The fourth-order valence-corrected chi connectivity index (χ4v) is 12.1. The molecule has 6 aromatic rings. The van der Waals surface area contributed by atoms with Crippen LogP contribution in [0.15, 0.2) is 46.8 Å². The van der Waals surface area contributed by atoms with E-state index in [1.54, 1.807) is 0 Å². The minimum absolute atomic E-state index is 0.0140. The highest BCUT2D eigenvalue weighted by atomic mass is 31.3. The summed E-state index contributed by atoms with van der Waals surface area (Å²) in [6.07, 6.45) is -11.5. The lowest BCUT2D eigenvalue weighted by molar-refractivity contribution is -0.745. The predicted octanol–water partition coefficient (Wildman–Crippen LogP) is -4.51. The lowest BCUT2D eigenvalue weighted by Crippen LogP contribution is -2.46. The lowest BCUT2D eigenvalue weighted by atomic mass is 10.1. The summed E-state index contributed by atoms with van der Waals surface area (Å²) in [6.45, 7) is -3.87. The molecule has 410 valence electrons. The predicted molar refractivity (Wildman–Crippen MR) is 242 cm³/mol. The number of aromatic amines is 2. The minimum atomic E-state index is -6.14. The average molecular weight is 1140 g/mol. The van der Waals surface area contributed by atoms with Gasteiger partial charge in [-0.2, -0.15) is 9.29 Å². The van der Waals surface area contributed by atoms with Gasteiger partial charge in [0.2, 0.25) is 17.7 Å². The number of aliphatic hydroxyl groups excluding tert-OH is 4. The number of phosphoric acid groups is 3. The highest BCUT2D eigenvalue weighted by Crippen LogP contribution is 2.68. The van der Waals surface area contributed by atoms with Crippen molar-refractivity contribution in [3.05, 3.63) is 57.9 Å². The molecule has 0 aliphatic carbocycles. The van der Waals surface area contributed by atoms with Crippen LogP contribution in [-0.2, 0) is 66.4 Å². The van der Waals surface area contributed by atoms with Crippen molar-refractivity contribution in [2.24, 2.45) is 7.05 Å². The van der Waals surface area contributed by atoms with Crippen LogP contribution in [0.5, 0.6) is 0 Å². The van der Waals surface area contributed by atoms with Gasteiger partial charge in [-0.3, -0.25) is 46.9 Å². The zero-order valence-electron chi connectivity index (χ0n) is 38.2. The molecule has 2 aliphatic heterocycles. The third-order valence-electron chi connectivity index (χ3n) is 10.9. The number of nitrogens with two attached hydrogens (primary N) is 3. The Morgan fingerprint density at radius 3 is 2.25 bits per heavy atom. The molecule has 8 rings (SSSR count). The van der Waals surface area contributed by atoms with E-state index in [1.165, 1.54) is 29.6 Å². The number of nitrogen functional groups attached to an aromatic ring is 3. The Bertz CT molecular complexity index is 3440. The third-order valence-corrected chi connectivity index (χ3v) is 16.3. The van der Waals surface area contributed by atoms with E-state index in [0.717, 1.165) is 28.1 Å². The molecule has 0 radical (unpaired) electrons. The van der Waals surface area contributed by atoms with E-state index in [-0.39, 0.29) is 57.0 Å². The number of nitrogens with zero attached hydrogens (tertiary/aromatic N) is 10. The second kappa shape index (κ2) is 21.6. The highest BCUT2D eigenvalue weighted by Gasteiger charge is 2.48. The first-order valence-corrected chi connectivity index (χ1v) is 27.2. The van der Waals surface area contributed by atoms with Gasteiger partial charge in [0.05, 0.1) is 46.1 Å². The maximum atomic E-state index is 13.2. The molecule has 0 amide bonds. The van der Waals surface area contributed by atoms with Crippen LogP contribution >= 0.6 is 31.1 Å². The molecule has 0 spiro atoms. The molecule has 2 saturated heterocycles. The first-order chi connectivity index (χ1) is 35.2. The quantitative estimate of drug-likeness (QED) is 0.0225. The Kier molecular flexibility index (Phi) is 16.1. The molecule has 38 nitrogen and oxygen atoms in total. The third kappa shape index (κ3) is 12.3. The summed E-state index contributed by atoms with van der Waals surface area (Å²) in [6, 6.07) is 0. The van der Waals surface area contributed by atoms with E-state index >= 15 is 0 Å². The Hall–Kier alpha value is -5.37. The lowest BCUT2D eigenvalue weighted by Gasteiger charge is -2.29. The van der Waals surface area contributed by atoms with Crippen LogP contribution in [0.25, 0.3) is 33.5 Å². The molecule has 6 unspecified atom stereocenters. The SMILES string of the molecule is COC[C@@H](O[C@@H](COP(=O)([O-])OC[C@H]1O[C@@H](n2cnc3c(=O)[nH]c(N)nc32)C(O)[C@H]1O)COP(=O)(O)OP(=O)(O)OP(=O)(O)/C=C\[C@H]1O[C@@H]([n+]2cn(C)c3c(=O)[nH]c(N)nc32)[C@@H](O)C1O)n1cnc2c(N)ncnc21. The average Bonchev–Trinajstić information content (AvgIpc) is 4.13. The first kappa shape index (κ1) is 55.9.